The van der Waals surface area contributed by atoms with Crippen LogP contribution in [0.5, 0.6) is 0 Å². The van der Waals surface area contributed by atoms with Crippen LogP contribution >= 0.6 is 0 Å². The summed E-state index contributed by atoms with van der Waals surface area (Å²) in [6, 6.07) is 11.8. The zero-order valence-electron chi connectivity index (χ0n) is 8.51. The van der Waals surface area contributed by atoms with Crippen LogP contribution in [-0.2, 0) is 0 Å². The Labute approximate surface area is 112 Å². The Balaban J connectivity index is 2.57. The third-order valence-corrected chi connectivity index (χ3v) is 5.22. The van der Waals surface area contributed by atoms with Gasteiger partial charge in [-0.3, -0.25) is 0 Å². The van der Waals surface area contributed by atoms with E-state index in [2.05, 4.69) is 33.7 Å². The van der Waals surface area contributed by atoms with Crippen molar-refractivity contribution in [1.29, 1.82) is 0 Å². The fourth-order valence-corrected chi connectivity index (χ4v) is 2.60. The second kappa shape index (κ2) is 4.57. The summed E-state index contributed by atoms with van der Waals surface area (Å²) in [5.74, 6) is 0. The summed E-state index contributed by atoms with van der Waals surface area (Å²) < 4.78 is 2.19. The van der Waals surface area contributed by atoms with E-state index in [1.807, 2.05) is 36.4 Å². The maximum absolute atomic E-state index is 5.85. The molecular formula is C12H10As2N2. The fraction of sp³-hybridized carbons (Fsp3) is 0. The molecule has 0 aromatic heterocycles. The minimum atomic E-state index is 0.777. The molecule has 16 heavy (non-hydrogen) atoms. The van der Waals surface area contributed by atoms with Gasteiger partial charge >= 0.3 is 113 Å². The molecule has 2 aromatic rings. The molecular weight excluding hydrogens is 322 g/mol. The van der Waals surface area contributed by atoms with Gasteiger partial charge in [0.1, 0.15) is 0 Å². The van der Waals surface area contributed by atoms with E-state index in [9.17, 15) is 0 Å². The first-order valence-corrected chi connectivity index (χ1v) is 6.63. The van der Waals surface area contributed by atoms with Gasteiger partial charge in [0, 0.05) is 0 Å². The van der Waals surface area contributed by atoms with Crippen molar-refractivity contribution in [1.82, 2.24) is 0 Å². The van der Waals surface area contributed by atoms with E-state index in [0.29, 0.717) is 0 Å². The van der Waals surface area contributed by atoms with Crippen molar-refractivity contribution in [3.8, 4) is 11.1 Å². The Hall–Kier alpha value is -0.843. The van der Waals surface area contributed by atoms with Crippen molar-refractivity contribution in [2.75, 3.05) is 11.5 Å². The SMILES string of the molecule is Nc1ccc(-c2ccc(N)c([As])c2[As])cc1. The van der Waals surface area contributed by atoms with E-state index in [1.165, 1.54) is 5.56 Å². The molecule has 0 aliphatic heterocycles. The van der Waals surface area contributed by atoms with Gasteiger partial charge in [0.15, 0.2) is 0 Å². The van der Waals surface area contributed by atoms with E-state index in [1.54, 1.807) is 0 Å². The number of nitrogen functional groups attached to an aromatic ring is 2. The van der Waals surface area contributed by atoms with Crippen LogP contribution in [0, 0.1) is 0 Å². The summed E-state index contributed by atoms with van der Waals surface area (Å²) in [7, 11) is 0. The summed E-state index contributed by atoms with van der Waals surface area (Å²) >= 11 is 5.09. The average molecular weight is 332 g/mol. The van der Waals surface area contributed by atoms with Gasteiger partial charge < -0.3 is 0 Å². The molecule has 0 fully saturated rings. The van der Waals surface area contributed by atoms with Crippen molar-refractivity contribution in [3.05, 3.63) is 36.4 Å². The van der Waals surface area contributed by atoms with Gasteiger partial charge in [-0.25, -0.2) is 0 Å². The first-order chi connectivity index (χ1) is 7.59. The number of hydrogen-bond acceptors (Lipinski definition) is 2. The zero-order valence-corrected chi connectivity index (χ0v) is 12.3. The van der Waals surface area contributed by atoms with Gasteiger partial charge in [0.05, 0.1) is 0 Å². The number of nitrogens with two attached hydrogens (primary N) is 2. The summed E-state index contributed by atoms with van der Waals surface area (Å²) in [5, 5.41) is 0. The van der Waals surface area contributed by atoms with Crippen LogP contribution in [0.2, 0.25) is 0 Å². The molecule has 0 atom stereocenters. The molecule has 0 aliphatic carbocycles. The van der Waals surface area contributed by atoms with Crippen molar-refractivity contribution in [2.24, 2.45) is 0 Å². The zero-order chi connectivity index (χ0) is 11.7. The van der Waals surface area contributed by atoms with Gasteiger partial charge in [-0.1, -0.05) is 0 Å². The van der Waals surface area contributed by atoms with Gasteiger partial charge in [0.25, 0.3) is 0 Å². The van der Waals surface area contributed by atoms with Crippen molar-refractivity contribution < 1.29 is 0 Å². The second-order valence-corrected chi connectivity index (χ2v) is 5.40. The number of anilines is 2. The fourth-order valence-electron chi connectivity index (χ4n) is 1.49. The number of benzene rings is 2. The second-order valence-electron chi connectivity index (χ2n) is 3.52. The van der Waals surface area contributed by atoms with Crippen LogP contribution in [-0.4, -0.2) is 33.7 Å². The van der Waals surface area contributed by atoms with Crippen LogP contribution < -0.4 is 20.2 Å². The van der Waals surface area contributed by atoms with Crippen LogP contribution in [0.25, 0.3) is 11.1 Å². The van der Waals surface area contributed by atoms with Crippen molar-refractivity contribution >= 4 is 53.8 Å². The molecule has 0 amide bonds. The van der Waals surface area contributed by atoms with Crippen LogP contribution in [0.1, 0.15) is 0 Å². The first kappa shape index (κ1) is 11.6. The first-order valence-electron chi connectivity index (χ1n) is 4.76. The molecule has 0 aliphatic rings. The summed E-state index contributed by atoms with van der Waals surface area (Å²) in [6.45, 7) is 0. The normalized spacial score (nSPS) is 10.4. The number of rotatable bonds is 1. The van der Waals surface area contributed by atoms with Crippen LogP contribution in [0.3, 0.4) is 0 Å². The molecule has 0 saturated heterocycles. The summed E-state index contributed by atoms with van der Waals surface area (Å²) in [6.07, 6.45) is 0. The molecule has 78 valence electrons. The van der Waals surface area contributed by atoms with E-state index >= 15 is 0 Å². The average Bonchev–Trinajstić information content (AvgIpc) is 2.28. The van der Waals surface area contributed by atoms with E-state index in [-0.39, 0.29) is 0 Å². The Kier molecular flexibility index (Phi) is 3.32. The molecule has 2 aromatic carbocycles. The molecule has 0 saturated carbocycles. The third kappa shape index (κ3) is 2.14. The summed E-state index contributed by atoms with van der Waals surface area (Å²) in [5.41, 5.74) is 15.4. The number of hydrogen-bond donors (Lipinski definition) is 2. The molecule has 2 rings (SSSR count). The van der Waals surface area contributed by atoms with Crippen molar-refractivity contribution in [3.63, 3.8) is 0 Å². The Morgan fingerprint density at radius 2 is 1.38 bits per heavy atom. The van der Waals surface area contributed by atoms with E-state index < -0.39 is 0 Å². The predicted octanol–water partition coefficient (Wildman–Crippen LogP) is 0.106. The molecule has 4 N–H and O–H groups in total. The summed E-state index contributed by atoms with van der Waals surface area (Å²) in [4.78, 5) is 0. The van der Waals surface area contributed by atoms with Gasteiger partial charge in [-0.05, 0) is 0 Å². The molecule has 0 heterocycles. The van der Waals surface area contributed by atoms with Crippen molar-refractivity contribution in [2.45, 2.75) is 0 Å². The van der Waals surface area contributed by atoms with Gasteiger partial charge in [-0.15, -0.1) is 0 Å². The standard InChI is InChI=1S/C12H10As2N2/c13-11-9(5-6-10(16)12(11)14)7-1-3-8(15)4-2-7/h1-6H,15-16H2. The molecule has 0 bridgehead atoms. The molecule has 0 unspecified atom stereocenters. The van der Waals surface area contributed by atoms with E-state index in [4.69, 9.17) is 11.5 Å². The van der Waals surface area contributed by atoms with Crippen LogP contribution in [0.15, 0.2) is 36.4 Å². The molecule has 0 spiro atoms. The van der Waals surface area contributed by atoms with Gasteiger partial charge in [-0.2, -0.15) is 0 Å². The molecule has 4 radical (unpaired) electrons. The van der Waals surface area contributed by atoms with E-state index in [0.717, 1.165) is 25.6 Å². The minimum absolute atomic E-state index is 0.777. The predicted molar refractivity (Wildman–Crippen MR) is 71.5 cm³/mol. The Morgan fingerprint density at radius 3 is 2.00 bits per heavy atom. The monoisotopic (exact) mass is 332 g/mol. The van der Waals surface area contributed by atoms with Gasteiger partial charge in [0.2, 0.25) is 0 Å². The topological polar surface area (TPSA) is 52.0 Å². The Bertz CT molecular complexity index is 521. The molecule has 2 nitrogen and oxygen atoms in total. The third-order valence-electron chi connectivity index (χ3n) is 2.40. The Morgan fingerprint density at radius 1 is 0.750 bits per heavy atom. The maximum atomic E-state index is 5.85. The quantitative estimate of drug-likeness (QED) is 0.575. The van der Waals surface area contributed by atoms with Crippen LogP contribution in [0.4, 0.5) is 11.4 Å². The molecule has 4 heteroatoms.